The average Bonchev–Trinajstić information content (AvgIpc) is 3.16. The Kier molecular flexibility index (Phi) is 4.06. The molecular weight excluding hydrogens is 354 g/mol. The smallest absolute Gasteiger partial charge is 0.0951 e. The van der Waals surface area contributed by atoms with Crippen LogP contribution in [0.25, 0.3) is 11.1 Å². The maximum absolute atomic E-state index is 4.60. The van der Waals surface area contributed by atoms with Crippen molar-refractivity contribution in [3.05, 3.63) is 101 Å². The monoisotopic (exact) mass is 379 g/mol. The summed E-state index contributed by atoms with van der Waals surface area (Å²) in [7, 11) is 2.13. The van der Waals surface area contributed by atoms with Gasteiger partial charge in [0.2, 0.25) is 0 Å². The minimum absolute atomic E-state index is 0.0378. The highest BCUT2D eigenvalue weighted by Gasteiger charge is 2.37. The third-order valence-electron chi connectivity index (χ3n) is 6.28. The molecular formula is C26H25N3. The number of anilines is 1. The van der Waals surface area contributed by atoms with E-state index < -0.39 is 0 Å². The summed E-state index contributed by atoms with van der Waals surface area (Å²) in [5, 5.41) is 4.60. The van der Waals surface area contributed by atoms with E-state index in [1.807, 2.05) is 6.21 Å². The Balaban J connectivity index is 1.42. The standard InChI is InChI=1S/C26H25N3/c1-26(2)22-14-8-9-15-23(22)29(3)24(26)16-17-27-28-25-20-12-6-4-10-18(20)19-11-5-7-13-21(19)25/h4-17,25,28H,1-3H3. The lowest BCUT2D eigenvalue weighted by Gasteiger charge is -2.23. The predicted octanol–water partition coefficient (Wildman–Crippen LogP) is 5.64. The zero-order chi connectivity index (χ0) is 20.0. The Bertz CT molecular complexity index is 1090. The number of hydrogen-bond donors (Lipinski definition) is 1. The molecule has 0 fully saturated rings. The van der Waals surface area contributed by atoms with Gasteiger partial charge < -0.3 is 4.90 Å². The Morgan fingerprint density at radius 2 is 1.45 bits per heavy atom. The molecule has 5 rings (SSSR count). The van der Waals surface area contributed by atoms with Gasteiger partial charge in [0, 0.05) is 30.1 Å². The van der Waals surface area contributed by atoms with E-state index in [4.69, 9.17) is 0 Å². The lowest BCUT2D eigenvalue weighted by molar-refractivity contribution is 0.639. The fraction of sp³-hybridized carbons (Fsp3) is 0.192. The molecule has 0 amide bonds. The Morgan fingerprint density at radius 1 is 0.862 bits per heavy atom. The van der Waals surface area contributed by atoms with Crippen molar-refractivity contribution in [1.29, 1.82) is 0 Å². The number of nitrogens with one attached hydrogen (secondary N) is 1. The van der Waals surface area contributed by atoms with Gasteiger partial charge in [-0.15, -0.1) is 0 Å². The van der Waals surface area contributed by atoms with Gasteiger partial charge in [0.25, 0.3) is 0 Å². The molecule has 1 heterocycles. The molecule has 0 saturated heterocycles. The first kappa shape index (κ1) is 17.7. The van der Waals surface area contributed by atoms with Crippen molar-refractivity contribution < 1.29 is 0 Å². The molecule has 0 bridgehead atoms. The summed E-state index contributed by atoms with van der Waals surface area (Å²) < 4.78 is 0. The van der Waals surface area contributed by atoms with Crippen LogP contribution in [-0.2, 0) is 5.41 Å². The van der Waals surface area contributed by atoms with Crippen LogP contribution in [0.4, 0.5) is 5.69 Å². The van der Waals surface area contributed by atoms with Gasteiger partial charge in [-0.05, 0) is 40.0 Å². The molecule has 0 unspecified atom stereocenters. The number of nitrogens with zero attached hydrogens (tertiary/aromatic N) is 2. The van der Waals surface area contributed by atoms with E-state index in [2.05, 4.69) is 115 Å². The van der Waals surface area contributed by atoms with Crippen LogP contribution in [0.2, 0.25) is 0 Å². The second kappa shape index (κ2) is 6.63. The van der Waals surface area contributed by atoms with Crippen molar-refractivity contribution in [3.63, 3.8) is 0 Å². The van der Waals surface area contributed by atoms with Gasteiger partial charge in [-0.1, -0.05) is 80.6 Å². The van der Waals surface area contributed by atoms with Gasteiger partial charge in [0.1, 0.15) is 0 Å². The van der Waals surface area contributed by atoms with Crippen LogP contribution in [0.15, 0.2) is 89.7 Å². The average molecular weight is 380 g/mol. The van der Waals surface area contributed by atoms with Crippen LogP contribution in [0, 0.1) is 0 Å². The van der Waals surface area contributed by atoms with Crippen molar-refractivity contribution in [2.24, 2.45) is 5.10 Å². The van der Waals surface area contributed by atoms with Crippen molar-refractivity contribution in [1.82, 2.24) is 5.43 Å². The molecule has 3 aromatic rings. The number of hydrogen-bond acceptors (Lipinski definition) is 3. The number of allylic oxidation sites excluding steroid dienone is 2. The van der Waals surface area contributed by atoms with E-state index in [0.717, 1.165) is 0 Å². The highest BCUT2D eigenvalue weighted by molar-refractivity contribution is 5.80. The van der Waals surface area contributed by atoms with Crippen LogP contribution in [0.1, 0.15) is 36.6 Å². The van der Waals surface area contributed by atoms with E-state index in [9.17, 15) is 0 Å². The maximum atomic E-state index is 4.60. The molecule has 1 aliphatic heterocycles. The molecule has 0 atom stereocenters. The second-order valence-corrected chi connectivity index (χ2v) is 8.27. The summed E-state index contributed by atoms with van der Waals surface area (Å²) >= 11 is 0. The normalized spacial score (nSPS) is 18.2. The largest absolute Gasteiger partial charge is 0.347 e. The van der Waals surface area contributed by atoms with E-state index >= 15 is 0 Å². The number of benzene rings is 3. The highest BCUT2D eigenvalue weighted by Crippen LogP contribution is 2.46. The Morgan fingerprint density at radius 3 is 2.10 bits per heavy atom. The number of likely N-dealkylation sites (N-methyl/N-ethyl adjacent to an activating group) is 1. The lowest BCUT2D eigenvalue weighted by Crippen LogP contribution is -2.23. The SMILES string of the molecule is CN1C(=CC=NNC2c3ccccc3-c3ccccc32)C(C)(C)c2ccccc21. The van der Waals surface area contributed by atoms with Gasteiger partial charge in [-0.25, -0.2) is 0 Å². The van der Waals surface area contributed by atoms with Gasteiger partial charge >= 0.3 is 0 Å². The molecule has 3 heteroatoms. The van der Waals surface area contributed by atoms with Crippen LogP contribution in [0.5, 0.6) is 0 Å². The molecule has 0 saturated carbocycles. The molecule has 29 heavy (non-hydrogen) atoms. The molecule has 0 aromatic heterocycles. The van der Waals surface area contributed by atoms with Crippen LogP contribution in [0.3, 0.4) is 0 Å². The van der Waals surface area contributed by atoms with Crippen molar-refractivity contribution in [2.75, 3.05) is 11.9 Å². The first-order valence-corrected chi connectivity index (χ1v) is 10.1. The predicted molar refractivity (Wildman–Crippen MR) is 121 cm³/mol. The van der Waals surface area contributed by atoms with E-state index in [1.54, 1.807) is 0 Å². The lowest BCUT2D eigenvalue weighted by atomic mass is 9.84. The fourth-order valence-corrected chi connectivity index (χ4v) is 4.82. The summed E-state index contributed by atoms with van der Waals surface area (Å²) in [6.07, 6.45) is 4.02. The molecule has 144 valence electrons. The minimum atomic E-state index is -0.0378. The van der Waals surface area contributed by atoms with Crippen LogP contribution in [-0.4, -0.2) is 13.3 Å². The molecule has 2 aliphatic rings. The fourth-order valence-electron chi connectivity index (χ4n) is 4.82. The first-order chi connectivity index (χ1) is 14.1. The van der Waals surface area contributed by atoms with Gasteiger partial charge in [0.15, 0.2) is 0 Å². The van der Waals surface area contributed by atoms with E-state index in [0.29, 0.717) is 0 Å². The van der Waals surface area contributed by atoms with Crippen molar-refractivity contribution in [2.45, 2.75) is 25.3 Å². The minimum Gasteiger partial charge on any atom is -0.347 e. The van der Waals surface area contributed by atoms with E-state index in [1.165, 1.54) is 39.2 Å². The van der Waals surface area contributed by atoms with Gasteiger partial charge in [-0.2, -0.15) is 5.10 Å². The number of fused-ring (bicyclic) bond motifs is 4. The molecule has 0 radical (unpaired) electrons. The highest BCUT2D eigenvalue weighted by atomic mass is 15.3. The topological polar surface area (TPSA) is 27.6 Å². The van der Waals surface area contributed by atoms with E-state index in [-0.39, 0.29) is 11.5 Å². The first-order valence-electron chi connectivity index (χ1n) is 10.1. The molecule has 1 aliphatic carbocycles. The molecule has 3 nitrogen and oxygen atoms in total. The van der Waals surface area contributed by atoms with Crippen LogP contribution < -0.4 is 10.3 Å². The summed E-state index contributed by atoms with van der Waals surface area (Å²) in [6.45, 7) is 4.54. The van der Waals surface area contributed by atoms with Gasteiger partial charge in [0.05, 0.1) is 6.04 Å². The number of hydrazone groups is 1. The van der Waals surface area contributed by atoms with Gasteiger partial charge in [-0.3, -0.25) is 5.43 Å². The Hall–Kier alpha value is -3.33. The maximum Gasteiger partial charge on any atom is 0.0951 e. The van der Waals surface area contributed by atoms with Crippen LogP contribution >= 0.6 is 0 Å². The second-order valence-electron chi connectivity index (χ2n) is 8.27. The molecule has 1 N–H and O–H groups in total. The Labute approximate surface area is 172 Å². The zero-order valence-electron chi connectivity index (χ0n) is 17.1. The summed E-state index contributed by atoms with van der Waals surface area (Å²) in [4.78, 5) is 2.27. The zero-order valence-corrected chi connectivity index (χ0v) is 17.1. The summed E-state index contributed by atoms with van der Waals surface area (Å²) in [6, 6.07) is 25.8. The van der Waals surface area contributed by atoms with Crippen molar-refractivity contribution in [3.8, 4) is 11.1 Å². The van der Waals surface area contributed by atoms with Crippen molar-refractivity contribution >= 4 is 11.9 Å². The third kappa shape index (κ3) is 2.69. The molecule has 0 spiro atoms. The quantitative estimate of drug-likeness (QED) is 0.471. The summed E-state index contributed by atoms with van der Waals surface area (Å²) in [5.41, 5.74) is 12.4. The molecule has 3 aromatic carbocycles. The third-order valence-corrected chi connectivity index (χ3v) is 6.28. The number of rotatable bonds is 3. The summed E-state index contributed by atoms with van der Waals surface area (Å²) in [5.74, 6) is 0. The number of para-hydroxylation sites is 1.